The zero-order valence-electron chi connectivity index (χ0n) is 17.0. The maximum Gasteiger partial charge on any atom is 0.262 e. The summed E-state index contributed by atoms with van der Waals surface area (Å²) in [6.07, 6.45) is 0. The molecule has 0 aliphatic rings. The Bertz CT molecular complexity index is 1290. The van der Waals surface area contributed by atoms with Crippen LogP contribution in [0.3, 0.4) is 0 Å². The predicted octanol–water partition coefficient (Wildman–Crippen LogP) is 5.36. The fourth-order valence-electron chi connectivity index (χ4n) is 2.92. The van der Waals surface area contributed by atoms with Crippen molar-refractivity contribution in [1.29, 1.82) is 0 Å². The number of amides is 2. The van der Waals surface area contributed by atoms with Gasteiger partial charge >= 0.3 is 0 Å². The summed E-state index contributed by atoms with van der Waals surface area (Å²) in [5.74, 6) is -1.76. The normalized spacial score (nSPS) is 10.5. The van der Waals surface area contributed by atoms with Crippen LogP contribution in [-0.4, -0.2) is 23.4 Å². The monoisotopic (exact) mass is 465 g/mol. The van der Waals surface area contributed by atoms with E-state index in [4.69, 9.17) is 4.74 Å². The van der Waals surface area contributed by atoms with Gasteiger partial charge in [0.05, 0.1) is 16.9 Å². The van der Waals surface area contributed by atoms with Crippen LogP contribution in [0.2, 0.25) is 0 Å². The Balaban J connectivity index is 1.40. The molecule has 0 radical (unpaired) electrons. The number of hydrogen-bond acceptors (Lipinski definition) is 5. The molecule has 0 unspecified atom stereocenters. The number of ether oxygens (including phenoxy) is 1. The van der Waals surface area contributed by atoms with Gasteiger partial charge in [0.2, 0.25) is 0 Å². The molecule has 0 aliphatic heterocycles. The number of carbonyl (C=O) groups excluding carboxylic acids is 2. The standard InChI is InChI=1S/C24H17F2N3O3S/c25-16-11-9-15(10-12-16)20-14-33-24(28-20)29-23(31)17-5-1-4-8-21(17)32-13-22(30)27-19-7-3-2-6-18(19)26/h1-12,14H,13H2,(H,27,30)(H,28,29,31). The average molecular weight is 465 g/mol. The number of para-hydroxylation sites is 2. The van der Waals surface area contributed by atoms with Crippen molar-refractivity contribution in [3.8, 4) is 17.0 Å². The Morgan fingerprint density at radius 1 is 0.909 bits per heavy atom. The lowest BCUT2D eigenvalue weighted by Crippen LogP contribution is -2.22. The van der Waals surface area contributed by atoms with Crippen LogP contribution in [0.15, 0.2) is 78.2 Å². The SMILES string of the molecule is O=C(COc1ccccc1C(=O)Nc1nc(-c2ccc(F)cc2)cs1)Nc1ccccc1F. The van der Waals surface area contributed by atoms with E-state index in [1.807, 2.05) is 0 Å². The summed E-state index contributed by atoms with van der Waals surface area (Å²) in [5, 5.41) is 7.22. The third-order valence-electron chi connectivity index (χ3n) is 4.50. The number of rotatable bonds is 7. The quantitative estimate of drug-likeness (QED) is 0.385. The minimum atomic E-state index is -0.570. The average Bonchev–Trinajstić information content (AvgIpc) is 3.28. The third-order valence-corrected chi connectivity index (χ3v) is 5.26. The van der Waals surface area contributed by atoms with Gasteiger partial charge in [0.15, 0.2) is 11.7 Å². The number of aromatic nitrogens is 1. The third kappa shape index (κ3) is 5.58. The fraction of sp³-hybridized carbons (Fsp3) is 0.0417. The summed E-state index contributed by atoms with van der Waals surface area (Å²) < 4.78 is 32.3. The first kappa shape index (κ1) is 22.1. The number of benzene rings is 3. The molecule has 0 fully saturated rings. The molecule has 9 heteroatoms. The Morgan fingerprint density at radius 2 is 1.64 bits per heavy atom. The molecule has 0 saturated carbocycles. The first-order chi connectivity index (χ1) is 16.0. The van der Waals surface area contributed by atoms with Crippen LogP contribution in [0.1, 0.15) is 10.4 Å². The van der Waals surface area contributed by atoms with E-state index in [1.165, 1.54) is 41.7 Å². The van der Waals surface area contributed by atoms with Crippen LogP contribution >= 0.6 is 11.3 Å². The highest BCUT2D eigenvalue weighted by Gasteiger charge is 2.16. The second kappa shape index (κ2) is 10.0. The Hall–Kier alpha value is -4.11. The summed E-state index contributed by atoms with van der Waals surface area (Å²) in [5.41, 5.74) is 1.56. The van der Waals surface area contributed by atoms with Gasteiger partial charge in [0.25, 0.3) is 11.8 Å². The highest BCUT2D eigenvalue weighted by molar-refractivity contribution is 7.14. The maximum absolute atomic E-state index is 13.7. The van der Waals surface area contributed by atoms with Gasteiger partial charge in [0.1, 0.15) is 17.4 Å². The number of anilines is 2. The molecule has 3 aromatic carbocycles. The highest BCUT2D eigenvalue weighted by atomic mass is 32.1. The van der Waals surface area contributed by atoms with Gasteiger partial charge in [-0.2, -0.15) is 0 Å². The lowest BCUT2D eigenvalue weighted by Gasteiger charge is -2.11. The van der Waals surface area contributed by atoms with Gasteiger partial charge in [-0.3, -0.25) is 14.9 Å². The van der Waals surface area contributed by atoms with Crippen molar-refractivity contribution in [3.05, 3.63) is 95.4 Å². The Labute approximate surface area is 191 Å². The molecule has 4 rings (SSSR count). The highest BCUT2D eigenvalue weighted by Crippen LogP contribution is 2.26. The van der Waals surface area contributed by atoms with Crippen molar-refractivity contribution in [3.63, 3.8) is 0 Å². The summed E-state index contributed by atoms with van der Waals surface area (Å²) in [6.45, 7) is -0.412. The van der Waals surface area contributed by atoms with Gasteiger partial charge in [-0.05, 0) is 48.5 Å². The van der Waals surface area contributed by atoms with E-state index in [2.05, 4.69) is 15.6 Å². The Morgan fingerprint density at radius 3 is 2.42 bits per heavy atom. The number of carbonyl (C=O) groups is 2. The van der Waals surface area contributed by atoms with Crippen LogP contribution in [-0.2, 0) is 4.79 Å². The molecule has 2 N–H and O–H groups in total. The number of thiazole rings is 1. The van der Waals surface area contributed by atoms with Crippen molar-refractivity contribution in [1.82, 2.24) is 4.98 Å². The predicted molar refractivity (Wildman–Crippen MR) is 122 cm³/mol. The molecule has 166 valence electrons. The number of nitrogens with zero attached hydrogens (tertiary/aromatic N) is 1. The lowest BCUT2D eigenvalue weighted by atomic mass is 10.2. The molecular weight excluding hydrogens is 448 g/mol. The van der Waals surface area contributed by atoms with Gasteiger partial charge in [-0.25, -0.2) is 13.8 Å². The van der Waals surface area contributed by atoms with Crippen molar-refractivity contribution >= 4 is 34.0 Å². The van der Waals surface area contributed by atoms with E-state index >= 15 is 0 Å². The molecule has 2 amide bonds. The van der Waals surface area contributed by atoms with E-state index < -0.39 is 24.2 Å². The van der Waals surface area contributed by atoms with Gasteiger partial charge < -0.3 is 10.1 Å². The van der Waals surface area contributed by atoms with Crippen molar-refractivity contribution in [2.45, 2.75) is 0 Å². The van der Waals surface area contributed by atoms with Gasteiger partial charge in [-0.1, -0.05) is 24.3 Å². The molecule has 33 heavy (non-hydrogen) atoms. The minimum Gasteiger partial charge on any atom is -0.483 e. The van der Waals surface area contributed by atoms with E-state index in [0.717, 1.165) is 5.56 Å². The fourth-order valence-corrected chi connectivity index (χ4v) is 3.64. The molecule has 0 saturated heterocycles. The summed E-state index contributed by atoms with van der Waals surface area (Å²) in [7, 11) is 0. The first-order valence-electron chi connectivity index (χ1n) is 9.78. The summed E-state index contributed by atoms with van der Waals surface area (Å²) in [4.78, 5) is 29.3. The molecule has 1 aromatic heterocycles. The van der Waals surface area contributed by atoms with E-state index in [0.29, 0.717) is 10.8 Å². The molecule has 1 heterocycles. The van der Waals surface area contributed by atoms with Crippen LogP contribution in [0.4, 0.5) is 19.6 Å². The zero-order valence-corrected chi connectivity index (χ0v) is 17.9. The van der Waals surface area contributed by atoms with Crippen LogP contribution in [0.25, 0.3) is 11.3 Å². The largest absolute Gasteiger partial charge is 0.483 e. The van der Waals surface area contributed by atoms with E-state index in [1.54, 1.807) is 47.8 Å². The molecule has 0 atom stereocenters. The number of hydrogen-bond donors (Lipinski definition) is 2. The number of nitrogens with one attached hydrogen (secondary N) is 2. The smallest absolute Gasteiger partial charge is 0.262 e. The zero-order chi connectivity index (χ0) is 23.2. The maximum atomic E-state index is 13.7. The minimum absolute atomic E-state index is 0.0397. The van der Waals surface area contributed by atoms with Crippen molar-refractivity contribution in [2.75, 3.05) is 17.2 Å². The summed E-state index contributed by atoms with van der Waals surface area (Å²) >= 11 is 1.22. The second-order valence-electron chi connectivity index (χ2n) is 6.81. The topological polar surface area (TPSA) is 80.3 Å². The van der Waals surface area contributed by atoms with Gasteiger partial charge in [-0.15, -0.1) is 11.3 Å². The molecule has 0 spiro atoms. The van der Waals surface area contributed by atoms with E-state index in [-0.39, 0.29) is 22.8 Å². The second-order valence-corrected chi connectivity index (χ2v) is 7.67. The number of halogens is 2. The van der Waals surface area contributed by atoms with Gasteiger partial charge in [0, 0.05) is 10.9 Å². The molecule has 6 nitrogen and oxygen atoms in total. The Kier molecular flexibility index (Phi) is 6.70. The molecule has 4 aromatic rings. The van der Waals surface area contributed by atoms with Crippen molar-refractivity contribution < 1.29 is 23.1 Å². The summed E-state index contributed by atoms with van der Waals surface area (Å²) in [6, 6.07) is 18.1. The van der Waals surface area contributed by atoms with Crippen LogP contribution in [0, 0.1) is 11.6 Å². The van der Waals surface area contributed by atoms with Crippen LogP contribution in [0.5, 0.6) is 5.75 Å². The van der Waals surface area contributed by atoms with Crippen LogP contribution < -0.4 is 15.4 Å². The molecule has 0 aliphatic carbocycles. The first-order valence-corrected chi connectivity index (χ1v) is 10.7. The van der Waals surface area contributed by atoms with Crippen molar-refractivity contribution in [2.24, 2.45) is 0 Å². The molecule has 0 bridgehead atoms. The lowest BCUT2D eigenvalue weighted by molar-refractivity contribution is -0.118. The van der Waals surface area contributed by atoms with E-state index in [9.17, 15) is 18.4 Å². The molecular formula is C24H17F2N3O3S.